The Labute approximate surface area is 172 Å². The summed E-state index contributed by atoms with van der Waals surface area (Å²) in [5.74, 6) is 2.76. The van der Waals surface area contributed by atoms with Crippen LogP contribution in [0.2, 0.25) is 5.02 Å². The van der Waals surface area contributed by atoms with Gasteiger partial charge in [0.1, 0.15) is 5.75 Å². The van der Waals surface area contributed by atoms with Gasteiger partial charge in [-0.3, -0.25) is 4.79 Å². The zero-order chi connectivity index (χ0) is 19.9. The van der Waals surface area contributed by atoms with Crippen molar-refractivity contribution < 1.29 is 14.1 Å². The second kappa shape index (κ2) is 9.61. The standard InChI is InChI=1S/C20H20ClN3O3S/c1-24(19(25)13-28-12-14-3-7-16(21)8-4-14)11-18-22-20(23-27-18)15-5-9-17(26-2)10-6-15/h3-10H,11-13H2,1-2H3. The number of aromatic nitrogens is 2. The fourth-order valence-electron chi connectivity index (χ4n) is 2.41. The van der Waals surface area contributed by atoms with Gasteiger partial charge >= 0.3 is 0 Å². The van der Waals surface area contributed by atoms with Crippen molar-refractivity contribution in [3.8, 4) is 17.1 Å². The van der Waals surface area contributed by atoms with Crippen LogP contribution in [0.3, 0.4) is 0 Å². The van der Waals surface area contributed by atoms with Gasteiger partial charge in [0.25, 0.3) is 0 Å². The topological polar surface area (TPSA) is 68.5 Å². The van der Waals surface area contributed by atoms with Crippen LogP contribution in [0.4, 0.5) is 0 Å². The molecule has 0 atom stereocenters. The number of carbonyl (C=O) groups is 1. The molecule has 0 saturated heterocycles. The number of halogens is 1. The molecule has 0 bridgehead atoms. The minimum absolute atomic E-state index is 0.00293. The molecule has 0 saturated carbocycles. The zero-order valence-electron chi connectivity index (χ0n) is 15.6. The van der Waals surface area contributed by atoms with Crippen molar-refractivity contribution in [2.75, 3.05) is 19.9 Å². The summed E-state index contributed by atoms with van der Waals surface area (Å²) in [5.41, 5.74) is 1.95. The average Bonchev–Trinajstić information content (AvgIpc) is 3.18. The first kappa shape index (κ1) is 20.2. The van der Waals surface area contributed by atoms with Gasteiger partial charge in [-0.25, -0.2) is 0 Å². The van der Waals surface area contributed by atoms with Crippen molar-refractivity contribution >= 4 is 29.3 Å². The Morgan fingerprint density at radius 3 is 2.57 bits per heavy atom. The molecule has 0 unspecified atom stereocenters. The van der Waals surface area contributed by atoms with Crippen molar-refractivity contribution in [2.45, 2.75) is 12.3 Å². The van der Waals surface area contributed by atoms with Crippen LogP contribution in [0.15, 0.2) is 53.1 Å². The highest BCUT2D eigenvalue weighted by Gasteiger charge is 2.15. The molecule has 0 spiro atoms. The SMILES string of the molecule is COc1ccc(-c2noc(CN(C)C(=O)CSCc3ccc(Cl)cc3)n2)cc1. The van der Waals surface area contributed by atoms with Crippen molar-refractivity contribution in [1.82, 2.24) is 15.0 Å². The number of hydrogen-bond donors (Lipinski definition) is 0. The van der Waals surface area contributed by atoms with E-state index >= 15 is 0 Å². The molecule has 0 aliphatic carbocycles. The van der Waals surface area contributed by atoms with E-state index in [-0.39, 0.29) is 12.5 Å². The molecule has 1 heterocycles. The molecule has 0 aliphatic rings. The summed E-state index contributed by atoms with van der Waals surface area (Å²) in [6, 6.07) is 15.0. The van der Waals surface area contributed by atoms with E-state index in [2.05, 4.69) is 10.1 Å². The molecule has 8 heteroatoms. The Hall–Kier alpha value is -2.51. The number of amides is 1. The minimum atomic E-state index is 0.00293. The van der Waals surface area contributed by atoms with E-state index in [4.69, 9.17) is 20.9 Å². The second-order valence-electron chi connectivity index (χ2n) is 6.11. The van der Waals surface area contributed by atoms with Crippen LogP contribution in [0.25, 0.3) is 11.4 Å². The van der Waals surface area contributed by atoms with Gasteiger partial charge in [0.2, 0.25) is 17.6 Å². The maximum Gasteiger partial charge on any atom is 0.246 e. The van der Waals surface area contributed by atoms with Crippen LogP contribution < -0.4 is 4.74 Å². The molecule has 0 N–H and O–H groups in total. The fraction of sp³-hybridized carbons (Fsp3) is 0.250. The van der Waals surface area contributed by atoms with Gasteiger partial charge in [-0.2, -0.15) is 4.98 Å². The van der Waals surface area contributed by atoms with E-state index in [0.717, 1.165) is 22.6 Å². The first-order valence-corrected chi connectivity index (χ1v) is 10.1. The van der Waals surface area contributed by atoms with Gasteiger partial charge in [0.15, 0.2) is 0 Å². The van der Waals surface area contributed by atoms with Gasteiger partial charge in [-0.15, -0.1) is 11.8 Å². The van der Waals surface area contributed by atoms with Gasteiger partial charge in [-0.1, -0.05) is 28.9 Å². The number of ether oxygens (including phenoxy) is 1. The smallest absolute Gasteiger partial charge is 0.246 e. The predicted molar refractivity (Wildman–Crippen MR) is 110 cm³/mol. The van der Waals surface area contributed by atoms with Gasteiger partial charge in [0, 0.05) is 23.4 Å². The number of carbonyl (C=O) groups excluding carboxylic acids is 1. The second-order valence-corrected chi connectivity index (χ2v) is 7.53. The maximum absolute atomic E-state index is 12.3. The third kappa shape index (κ3) is 5.50. The minimum Gasteiger partial charge on any atom is -0.497 e. The number of nitrogens with zero attached hydrogens (tertiary/aromatic N) is 3. The third-order valence-corrected chi connectivity index (χ3v) is 5.26. The maximum atomic E-state index is 12.3. The Morgan fingerprint density at radius 1 is 1.18 bits per heavy atom. The first-order chi connectivity index (χ1) is 13.5. The van der Waals surface area contributed by atoms with Crippen LogP contribution in [0, 0.1) is 0 Å². The van der Waals surface area contributed by atoms with Crippen LogP contribution in [-0.4, -0.2) is 40.9 Å². The molecule has 3 rings (SSSR count). The van der Waals surface area contributed by atoms with E-state index < -0.39 is 0 Å². The average molecular weight is 418 g/mol. The van der Waals surface area contributed by atoms with Crippen molar-refractivity contribution in [2.24, 2.45) is 0 Å². The molecule has 146 valence electrons. The molecule has 6 nitrogen and oxygen atoms in total. The summed E-state index contributed by atoms with van der Waals surface area (Å²) in [4.78, 5) is 18.3. The highest BCUT2D eigenvalue weighted by molar-refractivity contribution is 7.99. The molecule has 28 heavy (non-hydrogen) atoms. The lowest BCUT2D eigenvalue weighted by molar-refractivity contribution is -0.127. The van der Waals surface area contributed by atoms with Crippen LogP contribution >= 0.6 is 23.4 Å². The van der Waals surface area contributed by atoms with E-state index in [1.807, 2.05) is 48.5 Å². The van der Waals surface area contributed by atoms with Gasteiger partial charge in [-0.05, 0) is 42.0 Å². The quantitative estimate of drug-likeness (QED) is 0.544. The summed E-state index contributed by atoms with van der Waals surface area (Å²) >= 11 is 7.43. The number of thioether (sulfide) groups is 1. The lowest BCUT2D eigenvalue weighted by Crippen LogP contribution is -2.28. The highest BCUT2D eigenvalue weighted by Crippen LogP contribution is 2.20. The largest absolute Gasteiger partial charge is 0.497 e. The number of benzene rings is 2. The van der Waals surface area contributed by atoms with E-state index in [1.165, 1.54) is 0 Å². The summed E-state index contributed by atoms with van der Waals surface area (Å²) in [6.07, 6.45) is 0. The molecule has 0 fully saturated rings. The van der Waals surface area contributed by atoms with E-state index in [1.54, 1.807) is 30.8 Å². The molecular weight excluding hydrogens is 398 g/mol. The number of methoxy groups -OCH3 is 1. The van der Waals surface area contributed by atoms with E-state index in [9.17, 15) is 4.79 Å². The van der Waals surface area contributed by atoms with Crippen LogP contribution in [0.1, 0.15) is 11.5 Å². The summed E-state index contributed by atoms with van der Waals surface area (Å²) in [5, 5.41) is 4.69. The highest BCUT2D eigenvalue weighted by atomic mass is 35.5. The predicted octanol–water partition coefficient (Wildman–Crippen LogP) is 4.29. The number of hydrogen-bond acceptors (Lipinski definition) is 6. The zero-order valence-corrected chi connectivity index (χ0v) is 17.2. The summed E-state index contributed by atoms with van der Waals surface area (Å²) < 4.78 is 10.4. The third-order valence-electron chi connectivity index (χ3n) is 4.02. The van der Waals surface area contributed by atoms with Gasteiger partial charge < -0.3 is 14.2 Å². The summed E-state index contributed by atoms with van der Waals surface area (Å²) in [7, 11) is 3.34. The molecule has 1 amide bonds. The molecular formula is C20H20ClN3O3S. The molecule has 1 aromatic heterocycles. The molecule has 3 aromatic rings. The normalized spacial score (nSPS) is 10.7. The van der Waals surface area contributed by atoms with Crippen molar-refractivity contribution in [3.05, 3.63) is 65.0 Å². The lowest BCUT2D eigenvalue weighted by atomic mass is 10.2. The Balaban J connectivity index is 1.49. The molecule has 0 radical (unpaired) electrons. The van der Waals surface area contributed by atoms with Crippen molar-refractivity contribution in [3.63, 3.8) is 0 Å². The fourth-order valence-corrected chi connectivity index (χ4v) is 3.47. The molecule has 0 aliphatic heterocycles. The van der Waals surface area contributed by atoms with E-state index in [0.29, 0.717) is 22.5 Å². The first-order valence-electron chi connectivity index (χ1n) is 8.58. The monoisotopic (exact) mass is 417 g/mol. The van der Waals surface area contributed by atoms with Crippen LogP contribution in [-0.2, 0) is 17.1 Å². The van der Waals surface area contributed by atoms with Gasteiger partial charge in [0.05, 0.1) is 19.4 Å². The Bertz CT molecular complexity index is 913. The number of rotatable bonds is 8. The summed E-state index contributed by atoms with van der Waals surface area (Å²) in [6.45, 7) is 0.267. The Morgan fingerprint density at radius 2 is 1.89 bits per heavy atom. The van der Waals surface area contributed by atoms with Crippen LogP contribution in [0.5, 0.6) is 5.75 Å². The van der Waals surface area contributed by atoms with Crippen molar-refractivity contribution in [1.29, 1.82) is 0 Å². The Kier molecular flexibility index (Phi) is 6.95. The lowest BCUT2D eigenvalue weighted by Gasteiger charge is -2.14. The molecule has 2 aromatic carbocycles.